The van der Waals surface area contributed by atoms with Crippen molar-refractivity contribution in [2.45, 2.75) is 58.5 Å². The highest BCUT2D eigenvalue weighted by Gasteiger charge is 2.25. The van der Waals surface area contributed by atoms with Gasteiger partial charge in [-0.15, -0.1) is 0 Å². The molecule has 0 radical (unpaired) electrons. The number of aryl methyl sites for hydroxylation is 4. The number of aromatic nitrogens is 4. The first kappa shape index (κ1) is 37.5. The molecule has 272 valence electrons. The van der Waals surface area contributed by atoms with Crippen molar-refractivity contribution in [1.82, 2.24) is 18.7 Å². The van der Waals surface area contributed by atoms with Gasteiger partial charge in [0.05, 0.1) is 41.7 Å². The fourth-order valence-corrected chi connectivity index (χ4v) is 6.80. The zero-order valence-electron chi connectivity index (χ0n) is 31.2. The number of fused-ring (bicyclic) bond motifs is 1. The van der Waals surface area contributed by atoms with Crippen molar-refractivity contribution in [3.8, 4) is 22.3 Å². The highest BCUT2D eigenvalue weighted by Crippen LogP contribution is 2.34. The SMILES string of the molecule is COC[C@@H](C)Nc1cc(-c2cc(C)c(=O)n(C)c2)ccc1N.COC[C@@H](C)n1c(C2CCOCC2)nc2ccc(-c3cc(C)c(=O)n(C)c3)cc21. The third-order valence-corrected chi connectivity index (χ3v) is 9.42. The monoisotopic (exact) mass is 696 g/mol. The molecule has 1 aliphatic heterocycles. The molecule has 3 aromatic heterocycles. The van der Waals surface area contributed by atoms with Crippen LogP contribution < -0.4 is 22.2 Å². The number of anilines is 2. The van der Waals surface area contributed by atoms with E-state index in [1.165, 1.54) is 0 Å². The van der Waals surface area contributed by atoms with E-state index in [-0.39, 0.29) is 23.2 Å². The average Bonchev–Trinajstić information content (AvgIpc) is 3.50. The molecule has 4 heterocycles. The first-order valence-electron chi connectivity index (χ1n) is 17.5. The van der Waals surface area contributed by atoms with Gasteiger partial charge in [0.1, 0.15) is 5.82 Å². The lowest BCUT2D eigenvalue weighted by Crippen LogP contribution is -2.21. The van der Waals surface area contributed by atoms with Crippen molar-refractivity contribution >= 4 is 22.4 Å². The van der Waals surface area contributed by atoms with Crippen molar-refractivity contribution < 1.29 is 14.2 Å². The Kier molecular flexibility index (Phi) is 12.2. The van der Waals surface area contributed by atoms with Crippen molar-refractivity contribution in [2.24, 2.45) is 14.1 Å². The molecule has 1 aliphatic rings. The Hall–Kier alpha value is -4.71. The van der Waals surface area contributed by atoms with Gasteiger partial charge in [-0.2, -0.15) is 0 Å². The lowest BCUT2D eigenvalue weighted by atomic mass is 9.99. The maximum Gasteiger partial charge on any atom is 0.253 e. The number of pyridine rings is 2. The molecule has 11 heteroatoms. The van der Waals surface area contributed by atoms with Crippen LogP contribution in [0, 0.1) is 13.8 Å². The second-order valence-electron chi connectivity index (χ2n) is 13.7. The van der Waals surface area contributed by atoms with Gasteiger partial charge in [-0.25, -0.2) is 4.98 Å². The van der Waals surface area contributed by atoms with Crippen molar-refractivity contribution in [3.05, 3.63) is 98.6 Å². The van der Waals surface area contributed by atoms with Gasteiger partial charge in [0.2, 0.25) is 0 Å². The Balaban J connectivity index is 0.000000206. The van der Waals surface area contributed by atoms with Crippen LogP contribution in [0.15, 0.2) is 70.5 Å². The minimum Gasteiger partial charge on any atom is -0.397 e. The maximum atomic E-state index is 12.1. The predicted molar refractivity (Wildman–Crippen MR) is 206 cm³/mol. The molecule has 1 saturated heterocycles. The van der Waals surface area contributed by atoms with E-state index >= 15 is 0 Å². The average molecular weight is 697 g/mol. The third-order valence-electron chi connectivity index (χ3n) is 9.42. The van der Waals surface area contributed by atoms with Crippen LogP contribution in [0.2, 0.25) is 0 Å². The summed E-state index contributed by atoms with van der Waals surface area (Å²) < 4.78 is 21.7. The Labute approximate surface area is 300 Å². The molecule has 11 nitrogen and oxygen atoms in total. The van der Waals surface area contributed by atoms with Crippen LogP contribution in [0.3, 0.4) is 0 Å². The van der Waals surface area contributed by atoms with Crippen LogP contribution in [0.1, 0.15) is 55.6 Å². The first-order valence-corrected chi connectivity index (χ1v) is 17.5. The van der Waals surface area contributed by atoms with Crippen molar-refractivity contribution in [1.29, 1.82) is 0 Å². The molecule has 0 bridgehead atoms. The van der Waals surface area contributed by atoms with Gasteiger partial charge >= 0.3 is 0 Å². The lowest BCUT2D eigenvalue weighted by molar-refractivity contribution is 0.0817. The van der Waals surface area contributed by atoms with Crippen molar-refractivity contribution in [3.63, 3.8) is 0 Å². The minimum atomic E-state index is 0.0197. The predicted octanol–water partition coefficient (Wildman–Crippen LogP) is 6.20. The zero-order chi connectivity index (χ0) is 36.8. The maximum absolute atomic E-state index is 12.1. The Morgan fingerprint density at radius 1 is 0.843 bits per heavy atom. The van der Waals surface area contributed by atoms with Gasteiger partial charge in [-0.1, -0.05) is 12.1 Å². The number of methoxy groups -OCH3 is 2. The molecule has 2 aromatic carbocycles. The quantitative estimate of drug-likeness (QED) is 0.165. The number of benzene rings is 2. The summed E-state index contributed by atoms with van der Waals surface area (Å²) in [6, 6.07) is 16.4. The van der Waals surface area contributed by atoms with Gasteiger partial charge in [0.15, 0.2) is 0 Å². The number of hydrogen-bond acceptors (Lipinski definition) is 8. The number of rotatable bonds is 10. The van der Waals surface area contributed by atoms with Crippen LogP contribution in [0.5, 0.6) is 0 Å². The number of nitrogen functional groups attached to an aromatic ring is 1. The summed E-state index contributed by atoms with van der Waals surface area (Å²) in [5, 5.41) is 3.34. The number of imidazole rings is 1. The normalized spacial score (nSPS) is 14.6. The molecular weight excluding hydrogens is 644 g/mol. The summed E-state index contributed by atoms with van der Waals surface area (Å²) in [6.07, 6.45) is 5.73. The highest BCUT2D eigenvalue weighted by molar-refractivity contribution is 5.83. The smallest absolute Gasteiger partial charge is 0.253 e. The molecule has 2 atom stereocenters. The van der Waals surface area contributed by atoms with E-state index in [2.05, 4.69) is 35.0 Å². The number of nitrogens with two attached hydrogens (primary N) is 1. The molecule has 0 spiro atoms. The highest BCUT2D eigenvalue weighted by atomic mass is 16.5. The summed E-state index contributed by atoms with van der Waals surface area (Å²) in [7, 11) is 6.97. The van der Waals surface area contributed by atoms with Crippen LogP contribution in [0.25, 0.3) is 33.3 Å². The molecule has 5 aromatic rings. The van der Waals surface area contributed by atoms with Crippen LogP contribution in [-0.2, 0) is 28.3 Å². The van der Waals surface area contributed by atoms with Gasteiger partial charge in [0, 0.05) is 77.0 Å². The topological polar surface area (TPSA) is 128 Å². The summed E-state index contributed by atoms with van der Waals surface area (Å²) in [6.45, 7) is 10.7. The van der Waals surface area contributed by atoms with Crippen LogP contribution in [0.4, 0.5) is 11.4 Å². The van der Waals surface area contributed by atoms with Gasteiger partial charge in [-0.3, -0.25) is 9.59 Å². The summed E-state index contributed by atoms with van der Waals surface area (Å²) in [5.41, 5.74) is 15.3. The lowest BCUT2D eigenvalue weighted by Gasteiger charge is -2.25. The molecule has 1 fully saturated rings. The van der Waals surface area contributed by atoms with E-state index in [9.17, 15) is 9.59 Å². The van der Waals surface area contributed by atoms with Crippen LogP contribution in [-0.4, -0.2) is 65.4 Å². The third kappa shape index (κ3) is 8.61. The van der Waals surface area contributed by atoms with Gasteiger partial charge in [-0.05, 0) is 99.2 Å². The molecule has 0 aliphatic carbocycles. The Morgan fingerprint density at radius 3 is 1.98 bits per heavy atom. The molecule has 0 saturated carbocycles. The van der Waals surface area contributed by atoms with E-state index in [0.717, 1.165) is 82.0 Å². The molecule has 0 unspecified atom stereocenters. The fraction of sp³-hybridized carbons (Fsp3) is 0.425. The summed E-state index contributed by atoms with van der Waals surface area (Å²) >= 11 is 0. The van der Waals surface area contributed by atoms with Crippen molar-refractivity contribution in [2.75, 3.05) is 51.7 Å². The molecule has 6 rings (SSSR count). The summed E-state index contributed by atoms with van der Waals surface area (Å²) in [5.74, 6) is 1.53. The van der Waals surface area contributed by atoms with Crippen LogP contribution >= 0.6 is 0 Å². The Morgan fingerprint density at radius 2 is 1.41 bits per heavy atom. The number of ether oxygens (including phenoxy) is 3. The number of hydrogen-bond donors (Lipinski definition) is 2. The molecule has 3 N–H and O–H groups in total. The Bertz CT molecular complexity index is 2040. The number of nitrogens with one attached hydrogen (secondary N) is 1. The van der Waals surface area contributed by atoms with E-state index in [0.29, 0.717) is 24.8 Å². The van der Waals surface area contributed by atoms with Gasteiger partial charge in [0.25, 0.3) is 11.1 Å². The zero-order valence-corrected chi connectivity index (χ0v) is 31.2. The second kappa shape index (κ2) is 16.5. The van der Waals surface area contributed by atoms with E-state index in [4.69, 9.17) is 24.9 Å². The summed E-state index contributed by atoms with van der Waals surface area (Å²) in [4.78, 5) is 28.9. The second-order valence-corrected chi connectivity index (χ2v) is 13.7. The van der Waals surface area contributed by atoms with E-state index < -0.39 is 0 Å². The van der Waals surface area contributed by atoms with Gasteiger partial charge < -0.3 is 39.0 Å². The largest absolute Gasteiger partial charge is 0.397 e. The fourth-order valence-electron chi connectivity index (χ4n) is 6.80. The number of nitrogens with zero attached hydrogens (tertiary/aromatic N) is 4. The van der Waals surface area contributed by atoms with E-state index in [1.807, 2.05) is 63.5 Å². The molecule has 0 amide bonds. The molecule has 51 heavy (non-hydrogen) atoms. The standard InChI is InChI=1S/C23H29N3O3.C17H23N3O2/c1-15-11-19(13-25(3)23(15)27)18-5-6-20-21(12-18)26(16(2)14-28-4)22(24-20)17-7-9-29-10-8-17;1-11-7-14(9-20(3)17(11)21)13-5-6-15(18)16(8-13)19-12(2)10-22-4/h5-6,11-13,16-17H,7-10,14H2,1-4H3;5-9,12,19H,10,18H2,1-4H3/t16-;12-/m11/s1. The first-order chi connectivity index (χ1) is 24.4. The van der Waals surface area contributed by atoms with E-state index in [1.54, 1.807) is 37.4 Å². The minimum absolute atomic E-state index is 0.0197. The molecular formula is C40H52N6O5.